The number of hydrogen-bond acceptors (Lipinski definition) is 2. The number of allylic oxidation sites excluding steroid dienone is 2. The van der Waals surface area contributed by atoms with Crippen LogP contribution in [0.5, 0.6) is 0 Å². The Morgan fingerprint density at radius 1 is 1.45 bits per heavy atom. The minimum Gasteiger partial charge on any atom is -0.289 e. The van der Waals surface area contributed by atoms with Crippen LogP contribution in [0.15, 0.2) is 12.2 Å². The number of halogens is 1. The fourth-order valence-corrected chi connectivity index (χ4v) is 1.58. The number of rotatable bonds is 2. The van der Waals surface area contributed by atoms with Crippen molar-refractivity contribution in [1.82, 2.24) is 0 Å². The van der Waals surface area contributed by atoms with Gasteiger partial charge < -0.3 is 0 Å². The van der Waals surface area contributed by atoms with Gasteiger partial charge in [-0.2, -0.15) is 0 Å². The quantitative estimate of drug-likeness (QED) is 0.330. The summed E-state index contributed by atoms with van der Waals surface area (Å²) in [7, 11) is 0. The molecule has 11 heavy (non-hydrogen) atoms. The fraction of sp³-hybridized carbons (Fsp3) is 0.500. The zero-order valence-electron chi connectivity index (χ0n) is 6.05. The van der Waals surface area contributed by atoms with E-state index in [-0.39, 0.29) is 15.5 Å². The molecule has 1 aliphatic carbocycles. The molecule has 1 atom stereocenters. The van der Waals surface area contributed by atoms with Crippen LogP contribution in [0.3, 0.4) is 0 Å². The normalized spacial score (nSPS) is 23.2. The first-order valence-corrected chi connectivity index (χ1v) is 4.70. The molecular weight excluding hydrogens is 255 g/mol. The molecule has 1 rings (SSSR count). The lowest BCUT2D eigenvalue weighted by atomic mass is 9.93. The molecule has 0 saturated heterocycles. The topological polar surface area (TPSA) is 34.1 Å². The minimum absolute atomic E-state index is 0.131. The molecule has 3 heteroatoms. The highest BCUT2D eigenvalue weighted by molar-refractivity contribution is 14.1. The van der Waals surface area contributed by atoms with Crippen molar-refractivity contribution in [2.24, 2.45) is 5.92 Å². The standard InChI is InChI=1S/C8H9IO2/c9-8(11)7(10)6-4-2-1-3-5-6/h2,4,6H,1,3,5H2. The van der Waals surface area contributed by atoms with Crippen molar-refractivity contribution in [2.45, 2.75) is 19.3 Å². The zero-order valence-corrected chi connectivity index (χ0v) is 8.21. The molecular formula is C8H9IO2. The van der Waals surface area contributed by atoms with Crippen LogP contribution in [0.4, 0.5) is 0 Å². The van der Waals surface area contributed by atoms with Crippen LogP contribution in [-0.4, -0.2) is 9.57 Å². The first-order valence-electron chi connectivity index (χ1n) is 3.62. The lowest BCUT2D eigenvalue weighted by Gasteiger charge is -2.11. The predicted molar refractivity (Wildman–Crippen MR) is 50.5 cm³/mol. The maximum absolute atomic E-state index is 11.1. The molecule has 2 nitrogen and oxygen atoms in total. The van der Waals surface area contributed by atoms with Crippen LogP contribution in [-0.2, 0) is 9.59 Å². The molecule has 1 aliphatic rings. The van der Waals surface area contributed by atoms with Gasteiger partial charge in [-0.3, -0.25) is 9.59 Å². The van der Waals surface area contributed by atoms with Crippen molar-refractivity contribution in [3.8, 4) is 0 Å². The Bertz CT molecular complexity index is 208. The number of Topliss-reactive ketones (excluding diaryl/α,β-unsaturated/α-hetero) is 1. The predicted octanol–water partition coefficient (Wildman–Crippen LogP) is 1.87. The van der Waals surface area contributed by atoms with Crippen molar-refractivity contribution in [3.05, 3.63) is 12.2 Å². The third kappa shape index (κ3) is 2.39. The molecule has 0 bridgehead atoms. The third-order valence-electron chi connectivity index (χ3n) is 1.78. The smallest absolute Gasteiger partial charge is 0.258 e. The van der Waals surface area contributed by atoms with E-state index in [1.54, 1.807) is 22.6 Å². The van der Waals surface area contributed by atoms with Crippen LogP contribution >= 0.6 is 22.6 Å². The number of ketones is 1. The Labute approximate surface area is 79.2 Å². The molecule has 0 aliphatic heterocycles. The average Bonchev–Trinajstić information content (AvgIpc) is 2.05. The van der Waals surface area contributed by atoms with E-state index in [4.69, 9.17) is 0 Å². The van der Waals surface area contributed by atoms with Crippen LogP contribution in [0.1, 0.15) is 19.3 Å². The summed E-state index contributed by atoms with van der Waals surface area (Å²) in [6.45, 7) is 0. The van der Waals surface area contributed by atoms with Gasteiger partial charge in [0.15, 0.2) is 0 Å². The number of carbonyl (C=O) groups excluding carboxylic acids is 2. The first kappa shape index (κ1) is 8.90. The van der Waals surface area contributed by atoms with E-state index in [2.05, 4.69) is 0 Å². The van der Waals surface area contributed by atoms with E-state index in [9.17, 15) is 9.59 Å². The van der Waals surface area contributed by atoms with Gasteiger partial charge in [0.25, 0.3) is 3.79 Å². The van der Waals surface area contributed by atoms with Crippen molar-refractivity contribution >= 4 is 32.2 Å². The zero-order chi connectivity index (χ0) is 8.27. The van der Waals surface area contributed by atoms with E-state index in [1.165, 1.54) is 0 Å². The van der Waals surface area contributed by atoms with Crippen LogP contribution < -0.4 is 0 Å². The summed E-state index contributed by atoms with van der Waals surface area (Å²) in [6.07, 6.45) is 6.73. The number of hydrogen-bond donors (Lipinski definition) is 0. The van der Waals surface area contributed by atoms with Gasteiger partial charge in [-0.25, -0.2) is 0 Å². The third-order valence-corrected chi connectivity index (χ3v) is 2.32. The van der Waals surface area contributed by atoms with Gasteiger partial charge in [0, 0.05) is 28.5 Å². The van der Waals surface area contributed by atoms with Gasteiger partial charge in [-0.15, -0.1) is 0 Å². The summed E-state index contributed by atoms with van der Waals surface area (Å²) >= 11 is 1.55. The lowest BCUT2D eigenvalue weighted by molar-refractivity contribution is -0.132. The molecule has 0 radical (unpaired) electrons. The second-order valence-electron chi connectivity index (χ2n) is 2.60. The highest BCUT2D eigenvalue weighted by Crippen LogP contribution is 2.18. The summed E-state index contributed by atoms with van der Waals surface area (Å²) in [5, 5.41) is 0. The van der Waals surface area contributed by atoms with Crippen molar-refractivity contribution in [3.63, 3.8) is 0 Å². The fourth-order valence-electron chi connectivity index (χ4n) is 1.18. The summed E-state index contributed by atoms with van der Waals surface area (Å²) in [5.41, 5.74) is 0. The SMILES string of the molecule is O=C(I)C(=O)C1C=CCCC1. The molecule has 0 aromatic carbocycles. The molecule has 0 heterocycles. The molecule has 0 fully saturated rings. The maximum Gasteiger partial charge on any atom is 0.258 e. The monoisotopic (exact) mass is 264 g/mol. The summed E-state index contributed by atoms with van der Waals surface area (Å²) in [5.74, 6) is -0.380. The van der Waals surface area contributed by atoms with Crippen molar-refractivity contribution < 1.29 is 9.59 Å². The van der Waals surface area contributed by atoms with Gasteiger partial charge in [-0.05, 0) is 19.3 Å². The maximum atomic E-state index is 11.1. The van der Waals surface area contributed by atoms with E-state index >= 15 is 0 Å². The molecule has 0 aromatic heterocycles. The second-order valence-corrected chi connectivity index (χ2v) is 3.58. The van der Waals surface area contributed by atoms with Crippen molar-refractivity contribution in [1.29, 1.82) is 0 Å². The second kappa shape index (κ2) is 3.99. The Morgan fingerprint density at radius 2 is 2.18 bits per heavy atom. The Balaban J connectivity index is 2.59. The van der Waals surface area contributed by atoms with Gasteiger partial charge >= 0.3 is 0 Å². The van der Waals surface area contributed by atoms with E-state index in [1.807, 2.05) is 12.2 Å². The molecule has 0 spiro atoms. The average molecular weight is 264 g/mol. The van der Waals surface area contributed by atoms with Crippen LogP contribution in [0.25, 0.3) is 0 Å². The summed E-state index contributed by atoms with van der Waals surface area (Å²) < 4.78 is -0.348. The summed E-state index contributed by atoms with van der Waals surface area (Å²) in [4.78, 5) is 21.7. The highest BCUT2D eigenvalue weighted by Gasteiger charge is 2.21. The lowest BCUT2D eigenvalue weighted by Crippen LogP contribution is -2.19. The van der Waals surface area contributed by atoms with Crippen LogP contribution in [0, 0.1) is 5.92 Å². The molecule has 60 valence electrons. The molecule has 0 saturated carbocycles. The molecule has 1 unspecified atom stereocenters. The van der Waals surface area contributed by atoms with Gasteiger partial charge in [0.2, 0.25) is 5.78 Å². The van der Waals surface area contributed by atoms with E-state index < -0.39 is 0 Å². The highest BCUT2D eigenvalue weighted by atomic mass is 127. The Morgan fingerprint density at radius 3 is 2.64 bits per heavy atom. The van der Waals surface area contributed by atoms with Crippen molar-refractivity contribution in [2.75, 3.05) is 0 Å². The van der Waals surface area contributed by atoms with E-state index in [0.717, 1.165) is 19.3 Å². The number of carbonyl (C=O) groups is 2. The Kier molecular flexibility index (Phi) is 3.23. The largest absolute Gasteiger partial charge is 0.289 e. The molecule has 0 amide bonds. The summed E-state index contributed by atoms with van der Waals surface area (Å²) in [6, 6.07) is 0. The van der Waals surface area contributed by atoms with Gasteiger partial charge in [0.05, 0.1) is 0 Å². The molecule has 0 aromatic rings. The van der Waals surface area contributed by atoms with Gasteiger partial charge in [-0.1, -0.05) is 12.2 Å². The minimum atomic E-state index is -0.348. The van der Waals surface area contributed by atoms with Crippen LogP contribution in [0.2, 0.25) is 0 Å². The van der Waals surface area contributed by atoms with E-state index in [0.29, 0.717) is 0 Å². The Hall–Kier alpha value is -0.190. The van der Waals surface area contributed by atoms with Gasteiger partial charge in [0.1, 0.15) is 0 Å². The first-order chi connectivity index (χ1) is 5.22. The molecule has 0 N–H and O–H groups in total.